The summed E-state index contributed by atoms with van der Waals surface area (Å²) in [5, 5.41) is 11.9. The minimum Gasteiger partial charge on any atom is -0.496 e. The summed E-state index contributed by atoms with van der Waals surface area (Å²) in [6, 6.07) is 57.5. The number of benzene rings is 6. The molecule has 0 atom stereocenters. The van der Waals surface area contributed by atoms with E-state index in [2.05, 4.69) is 167 Å². The third-order valence-corrected chi connectivity index (χ3v) is 11.7. The van der Waals surface area contributed by atoms with E-state index in [1.807, 2.05) is 48.7 Å². The molecule has 3 heterocycles. The Morgan fingerprint density at radius 2 is 1.13 bits per heavy atom. The second kappa shape index (κ2) is 15.4. The Hall–Kier alpha value is -7.29. The summed E-state index contributed by atoms with van der Waals surface area (Å²) in [4.78, 5) is 10.3. The van der Waals surface area contributed by atoms with Gasteiger partial charge < -0.3 is 9.30 Å². The van der Waals surface area contributed by atoms with Crippen LogP contribution in [0.15, 0.2) is 164 Å². The first-order valence-electron chi connectivity index (χ1n) is 20.8. The van der Waals surface area contributed by atoms with Gasteiger partial charge in [-0.05, 0) is 111 Å². The number of fused-ring (bicyclic) bond motifs is 3. The number of para-hydroxylation sites is 3. The third-order valence-electron chi connectivity index (χ3n) is 11.7. The third kappa shape index (κ3) is 7.47. The Labute approximate surface area is 358 Å². The molecule has 61 heavy (non-hydrogen) atoms. The van der Waals surface area contributed by atoms with Crippen LogP contribution >= 0.6 is 0 Å². The van der Waals surface area contributed by atoms with Crippen LogP contribution in [0.5, 0.6) is 5.75 Å². The summed E-state index contributed by atoms with van der Waals surface area (Å²) in [5.41, 5.74) is 16.3. The first-order valence-corrected chi connectivity index (χ1v) is 20.8. The van der Waals surface area contributed by atoms with Crippen molar-refractivity contribution in [3.05, 3.63) is 181 Å². The van der Waals surface area contributed by atoms with Crippen molar-refractivity contribution in [1.29, 1.82) is 5.26 Å². The highest BCUT2D eigenvalue weighted by atomic mass is 16.5. The maximum absolute atomic E-state index is 9.53. The molecule has 0 amide bonds. The quantitative estimate of drug-likeness (QED) is 0.161. The zero-order valence-corrected chi connectivity index (χ0v) is 35.8. The Morgan fingerprint density at radius 1 is 0.525 bits per heavy atom. The van der Waals surface area contributed by atoms with Crippen molar-refractivity contribution in [1.82, 2.24) is 14.5 Å². The van der Waals surface area contributed by atoms with Crippen molar-refractivity contribution in [2.24, 2.45) is 0 Å². The normalized spacial score (nSPS) is 11.8. The van der Waals surface area contributed by atoms with E-state index in [1.165, 1.54) is 16.5 Å². The van der Waals surface area contributed by atoms with Crippen molar-refractivity contribution >= 4 is 21.8 Å². The molecular formula is C56H48N4O. The van der Waals surface area contributed by atoms with Crippen molar-refractivity contribution in [2.45, 2.75) is 52.4 Å². The molecule has 9 aromatic rings. The Morgan fingerprint density at radius 3 is 1.85 bits per heavy atom. The molecule has 0 aliphatic carbocycles. The first-order chi connectivity index (χ1) is 29.4. The molecule has 0 aliphatic heterocycles. The monoisotopic (exact) mass is 792 g/mol. The second-order valence-corrected chi connectivity index (χ2v) is 17.8. The van der Waals surface area contributed by atoms with Crippen LogP contribution < -0.4 is 4.74 Å². The highest BCUT2D eigenvalue weighted by Crippen LogP contribution is 2.41. The van der Waals surface area contributed by atoms with E-state index in [-0.39, 0.29) is 10.8 Å². The lowest BCUT2D eigenvalue weighted by Crippen LogP contribution is -2.16. The zero-order chi connectivity index (χ0) is 42.5. The lowest BCUT2D eigenvalue weighted by atomic mass is 9.79. The van der Waals surface area contributed by atoms with Gasteiger partial charge in [0.05, 0.1) is 46.9 Å². The smallest absolute Gasteiger partial charge is 0.128 e. The maximum Gasteiger partial charge on any atom is 0.128 e. The standard InChI is InChI=1S/C56H48N4O/c1-55(2,3)42-29-40(30-43(34-42)56(4,5)6)41-32-50(59-51(33-41)48-17-9-11-21-53(48)61-7)39-15-12-14-38(28-39)49-31-37(26-27-58-49)45-18-13-19-47-46-16-8-10-20-52(46)60(54(45)47)44-24-22-36(35-57)23-25-44/h8-34H,1-7H3. The van der Waals surface area contributed by atoms with Crippen LogP contribution in [-0.2, 0) is 10.8 Å². The number of hydrogen-bond acceptors (Lipinski definition) is 4. The number of rotatable bonds is 7. The van der Waals surface area contributed by atoms with Crippen molar-refractivity contribution in [3.63, 3.8) is 0 Å². The van der Waals surface area contributed by atoms with E-state index in [9.17, 15) is 5.26 Å². The molecule has 0 spiro atoms. The summed E-state index contributed by atoms with van der Waals surface area (Å²) in [7, 11) is 1.71. The fourth-order valence-corrected chi connectivity index (χ4v) is 8.30. The number of nitrogens with zero attached hydrogens (tertiary/aromatic N) is 4. The number of pyridine rings is 2. The van der Waals surface area contributed by atoms with Gasteiger partial charge in [0.2, 0.25) is 0 Å². The molecule has 0 radical (unpaired) electrons. The Balaban J connectivity index is 1.19. The van der Waals surface area contributed by atoms with Crippen molar-refractivity contribution in [2.75, 3.05) is 7.11 Å². The van der Waals surface area contributed by atoms with Gasteiger partial charge in [-0.2, -0.15) is 5.26 Å². The topological polar surface area (TPSA) is 63.7 Å². The first kappa shape index (κ1) is 39.2. The van der Waals surface area contributed by atoms with Gasteiger partial charge in [-0.1, -0.05) is 126 Å². The number of ether oxygens (including phenoxy) is 1. The molecule has 0 saturated carbocycles. The molecule has 3 aromatic heterocycles. The van der Waals surface area contributed by atoms with Gasteiger partial charge in [0.15, 0.2) is 0 Å². The van der Waals surface area contributed by atoms with Gasteiger partial charge in [-0.25, -0.2) is 4.98 Å². The molecule has 0 saturated heterocycles. The van der Waals surface area contributed by atoms with Gasteiger partial charge in [0.1, 0.15) is 5.75 Å². The highest BCUT2D eigenvalue weighted by molar-refractivity contribution is 6.13. The van der Waals surface area contributed by atoms with Crippen LogP contribution in [0.25, 0.3) is 83.5 Å². The van der Waals surface area contributed by atoms with Crippen molar-refractivity contribution < 1.29 is 4.74 Å². The molecule has 5 nitrogen and oxygen atoms in total. The summed E-state index contributed by atoms with van der Waals surface area (Å²) in [5.74, 6) is 0.778. The van der Waals surface area contributed by atoms with E-state index in [4.69, 9.17) is 14.7 Å². The van der Waals surface area contributed by atoms with Crippen molar-refractivity contribution in [3.8, 4) is 73.5 Å². The minimum atomic E-state index is -0.0288. The van der Waals surface area contributed by atoms with E-state index in [0.29, 0.717) is 5.56 Å². The molecule has 0 bridgehead atoms. The lowest BCUT2D eigenvalue weighted by molar-refractivity contribution is 0.416. The predicted molar refractivity (Wildman–Crippen MR) is 252 cm³/mol. The fourth-order valence-electron chi connectivity index (χ4n) is 8.30. The van der Waals surface area contributed by atoms with Crippen LogP contribution in [0.2, 0.25) is 0 Å². The van der Waals surface area contributed by atoms with Crippen LogP contribution in [0.4, 0.5) is 0 Å². The van der Waals surface area contributed by atoms with Crippen LogP contribution in [0, 0.1) is 11.3 Å². The molecule has 9 rings (SSSR count). The Bertz CT molecular complexity index is 3120. The van der Waals surface area contributed by atoms with Crippen LogP contribution in [-0.4, -0.2) is 21.6 Å². The summed E-state index contributed by atoms with van der Waals surface area (Å²) < 4.78 is 8.17. The molecule has 6 aromatic carbocycles. The van der Waals surface area contributed by atoms with E-state index < -0.39 is 0 Å². The largest absolute Gasteiger partial charge is 0.496 e. The molecule has 0 aliphatic rings. The second-order valence-electron chi connectivity index (χ2n) is 17.8. The number of aromatic nitrogens is 3. The van der Waals surface area contributed by atoms with E-state index in [1.54, 1.807) is 7.11 Å². The van der Waals surface area contributed by atoms with Gasteiger partial charge in [0, 0.05) is 44.9 Å². The predicted octanol–water partition coefficient (Wildman–Crippen LogP) is 14.4. The fraction of sp³-hybridized carbons (Fsp3) is 0.161. The minimum absolute atomic E-state index is 0.0288. The lowest BCUT2D eigenvalue weighted by Gasteiger charge is -2.26. The molecular weight excluding hydrogens is 745 g/mol. The molecule has 0 fully saturated rings. The molecule has 5 heteroatoms. The zero-order valence-electron chi connectivity index (χ0n) is 35.8. The highest BCUT2D eigenvalue weighted by Gasteiger charge is 2.23. The summed E-state index contributed by atoms with van der Waals surface area (Å²) in [6.07, 6.45) is 1.90. The SMILES string of the molecule is COc1ccccc1-c1cc(-c2cc(C(C)(C)C)cc(C(C)(C)C)c2)cc(-c2cccc(-c3cc(-c4cccc5c6ccccc6n(-c6ccc(C#N)cc6)c45)ccn3)c2)n1. The van der Waals surface area contributed by atoms with Gasteiger partial charge >= 0.3 is 0 Å². The van der Waals surface area contributed by atoms with Crippen LogP contribution in [0.1, 0.15) is 58.2 Å². The number of methoxy groups -OCH3 is 1. The number of nitriles is 1. The average Bonchev–Trinajstić information content (AvgIpc) is 3.63. The van der Waals surface area contributed by atoms with E-state index in [0.717, 1.165) is 83.9 Å². The molecule has 0 unspecified atom stereocenters. The molecule has 0 N–H and O–H groups in total. The maximum atomic E-state index is 9.53. The number of hydrogen-bond donors (Lipinski definition) is 0. The summed E-state index contributed by atoms with van der Waals surface area (Å²) in [6.45, 7) is 13.7. The van der Waals surface area contributed by atoms with Crippen LogP contribution in [0.3, 0.4) is 0 Å². The van der Waals surface area contributed by atoms with E-state index >= 15 is 0 Å². The van der Waals surface area contributed by atoms with Gasteiger partial charge in [0.25, 0.3) is 0 Å². The molecule has 298 valence electrons. The Kier molecular flexibility index (Phi) is 9.88. The van der Waals surface area contributed by atoms with Gasteiger partial charge in [-0.15, -0.1) is 0 Å². The average molecular weight is 793 g/mol. The van der Waals surface area contributed by atoms with Gasteiger partial charge in [-0.3, -0.25) is 4.98 Å². The summed E-state index contributed by atoms with van der Waals surface area (Å²) >= 11 is 0.